The maximum Gasteiger partial charge on any atom is 0.225 e. The van der Waals surface area contributed by atoms with Gasteiger partial charge in [0, 0.05) is 37.3 Å². The molecule has 218 valence electrons. The number of likely N-dealkylation sites (tertiary alicyclic amines) is 2. The van der Waals surface area contributed by atoms with E-state index in [2.05, 4.69) is 34.2 Å². The molecule has 0 saturated carbocycles. The Hall–Kier alpha value is -3.36. The number of hydrogen-bond donors (Lipinski definition) is 1. The molecule has 3 aromatic carbocycles. The number of ether oxygens (including phenoxy) is 1. The first kappa shape index (κ1) is 29.1. The highest BCUT2D eigenvalue weighted by Crippen LogP contribution is 2.33. The first-order valence-corrected chi connectivity index (χ1v) is 14.6. The fraction of sp³-hybridized carbons (Fsp3) is 0.424. The van der Waals surface area contributed by atoms with Crippen LogP contribution in [-0.4, -0.2) is 48.4 Å². The van der Waals surface area contributed by atoms with Crippen molar-refractivity contribution in [3.63, 3.8) is 0 Å². The summed E-state index contributed by atoms with van der Waals surface area (Å²) >= 11 is 0. The minimum atomic E-state index is -1.25. The number of hydrogen-bond acceptors (Lipinski definition) is 4. The highest BCUT2D eigenvalue weighted by Gasteiger charge is 2.23. The van der Waals surface area contributed by atoms with Crippen LogP contribution >= 0.6 is 0 Å². The van der Waals surface area contributed by atoms with E-state index >= 15 is 0 Å². The third-order valence-electron chi connectivity index (χ3n) is 8.23. The minimum Gasteiger partial charge on any atom is -0.454 e. The van der Waals surface area contributed by atoms with E-state index in [-0.39, 0.29) is 11.7 Å². The molecule has 5 rings (SSSR count). The average Bonchev–Trinajstić information content (AvgIpc) is 2.98. The first-order chi connectivity index (χ1) is 19.8. The maximum absolute atomic E-state index is 13.9. The SMILES string of the molecule is Cc1ccc(NC(=O)CCN2CCCCC2)cc1C1CCN(Cc2ccc(Oc3cc(F)c(F)cc3F)cc2)CC1. The first-order valence-electron chi connectivity index (χ1n) is 14.6. The molecule has 0 aromatic heterocycles. The number of rotatable bonds is 9. The van der Waals surface area contributed by atoms with Gasteiger partial charge in [-0.3, -0.25) is 9.69 Å². The molecule has 0 bridgehead atoms. The molecular weight excluding hydrogens is 527 g/mol. The fourth-order valence-electron chi connectivity index (χ4n) is 5.86. The zero-order valence-electron chi connectivity index (χ0n) is 23.6. The van der Waals surface area contributed by atoms with Gasteiger partial charge < -0.3 is 15.0 Å². The summed E-state index contributed by atoms with van der Waals surface area (Å²) in [7, 11) is 0. The van der Waals surface area contributed by atoms with Gasteiger partial charge in [-0.25, -0.2) is 13.2 Å². The highest BCUT2D eigenvalue weighted by atomic mass is 19.2. The molecule has 0 atom stereocenters. The normalized spacial score (nSPS) is 17.0. The lowest BCUT2D eigenvalue weighted by molar-refractivity contribution is -0.116. The number of aryl methyl sites for hydroxylation is 1. The monoisotopic (exact) mass is 565 g/mol. The van der Waals surface area contributed by atoms with E-state index in [4.69, 9.17) is 4.74 Å². The fourth-order valence-corrected chi connectivity index (χ4v) is 5.86. The van der Waals surface area contributed by atoms with Crippen molar-refractivity contribution in [3.05, 3.63) is 88.7 Å². The summed E-state index contributed by atoms with van der Waals surface area (Å²) in [6, 6.07) is 14.7. The second kappa shape index (κ2) is 13.5. The lowest BCUT2D eigenvalue weighted by Crippen LogP contribution is -2.33. The van der Waals surface area contributed by atoms with Gasteiger partial charge in [-0.05, 0) is 106 Å². The van der Waals surface area contributed by atoms with Crippen LogP contribution in [0.3, 0.4) is 0 Å². The van der Waals surface area contributed by atoms with E-state index in [0.29, 0.717) is 30.2 Å². The summed E-state index contributed by atoms with van der Waals surface area (Å²) in [6.45, 7) is 7.84. The zero-order valence-corrected chi connectivity index (χ0v) is 23.6. The quantitative estimate of drug-likeness (QED) is 0.275. The third kappa shape index (κ3) is 7.89. The summed E-state index contributed by atoms with van der Waals surface area (Å²) in [5, 5.41) is 3.12. The summed E-state index contributed by atoms with van der Waals surface area (Å²) in [5.41, 5.74) is 4.53. The third-order valence-corrected chi connectivity index (χ3v) is 8.23. The molecule has 0 spiro atoms. The number of piperidine rings is 2. The Bertz CT molecular complexity index is 1330. The van der Waals surface area contributed by atoms with Crippen molar-refractivity contribution in [2.24, 2.45) is 0 Å². The van der Waals surface area contributed by atoms with Gasteiger partial charge in [-0.2, -0.15) is 0 Å². The average molecular weight is 566 g/mol. The molecular formula is C33H38F3N3O2. The van der Waals surface area contributed by atoms with Gasteiger partial charge in [0.1, 0.15) is 5.75 Å². The van der Waals surface area contributed by atoms with Crippen LogP contribution in [-0.2, 0) is 11.3 Å². The van der Waals surface area contributed by atoms with Crippen molar-refractivity contribution in [1.82, 2.24) is 9.80 Å². The number of carbonyl (C=O) groups excluding carboxylic acids is 1. The summed E-state index contributed by atoms with van der Waals surface area (Å²) < 4.78 is 45.9. The molecule has 8 heteroatoms. The summed E-state index contributed by atoms with van der Waals surface area (Å²) in [6.07, 6.45) is 6.34. The molecule has 2 aliphatic rings. The van der Waals surface area contributed by atoms with Gasteiger partial charge in [0.05, 0.1) is 0 Å². The largest absolute Gasteiger partial charge is 0.454 e. The Kier molecular flexibility index (Phi) is 9.62. The van der Waals surface area contributed by atoms with Crippen LogP contribution in [0, 0.1) is 24.4 Å². The lowest BCUT2D eigenvalue weighted by Gasteiger charge is -2.33. The van der Waals surface area contributed by atoms with Crippen LogP contribution in [0.4, 0.5) is 18.9 Å². The predicted octanol–water partition coefficient (Wildman–Crippen LogP) is 7.40. The Balaban J connectivity index is 1.10. The van der Waals surface area contributed by atoms with Gasteiger partial charge in [-0.15, -0.1) is 0 Å². The van der Waals surface area contributed by atoms with Crippen LogP contribution in [0.2, 0.25) is 0 Å². The van der Waals surface area contributed by atoms with Crippen LogP contribution < -0.4 is 10.1 Å². The van der Waals surface area contributed by atoms with E-state index < -0.39 is 17.5 Å². The molecule has 0 aliphatic carbocycles. The van der Waals surface area contributed by atoms with Crippen molar-refractivity contribution in [3.8, 4) is 11.5 Å². The van der Waals surface area contributed by atoms with Gasteiger partial charge in [0.25, 0.3) is 0 Å². The van der Waals surface area contributed by atoms with Crippen molar-refractivity contribution in [2.45, 2.75) is 57.9 Å². The van der Waals surface area contributed by atoms with Crippen molar-refractivity contribution in [1.29, 1.82) is 0 Å². The van der Waals surface area contributed by atoms with Crippen LogP contribution in [0.5, 0.6) is 11.5 Å². The highest BCUT2D eigenvalue weighted by molar-refractivity contribution is 5.91. The van der Waals surface area contributed by atoms with E-state index in [1.807, 2.05) is 18.2 Å². The van der Waals surface area contributed by atoms with E-state index in [0.717, 1.165) is 63.4 Å². The molecule has 2 aliphatic heterocycles. The van der Waals surface area contributed by atoms with E-state index in [1.165, 1.54) is 30.4 Å². The topological polar surface area (TPSA) is 44.8 Å². The zero-order chi connectivity index (χ0) is 28.8. The second-order valence-corrected chi connectivity index (χ2v) is 11.3. The van der Waals surface area contributed by atoms with Gasteiger partial charge >= 0.3 is 0 Å². The molecule has 1 N–H and O–H groups in total. The Morgan fingerprint density at radius 2 is 1.56 bits per heavy atom. The number of anilines is 1. The molecule has 3 aromatic rings. The van der Waals surface area contributed by atoms with Gasteiger partial charge in [0.15, 0.2) is 23.2 Å². The Morgan fingerprint density at radius 1 is 0.854 bits per heavy atom. The molecule has 2 heterocycles. The Morgan fingerprint density at radius 3 is 2.29 bits per heavy atom. The van der Waals surface area contributed by atoms with Gasteiger partial charge in [-0.1, -0.05) is 24.6 Å². The van der Waals surface area contributed by atoms with Crippen LogP contribution in [0.15, 0.2) is 54.6 Å². The lowest BCUT2D eigenvalue weighted by atomic mass is 9.86. The van der Waals surface area contributed by atoms with Crippen molar-refractivity contribution >= 4 is 11.6 Å². The standard InChI is InChI=1S/C33H38F3N3O2/c1-23-5-8-26(37-33(40)13-18-38-14-3-2-4-15-38)19-28(23)25-11-16-39(17-12-25)22-24-6-9-27(10-7-24)41-32-21-30(35)29(34)20-31(32)36/h5-10,19-21,25H,2-4,11-18,22H2,1H3,(H,37,40). The summed E-state index contributed by atoms with van der Waals surface area (Å²) in [4.78, 5) is 17.4. The molecule has 0 radical (unpaired) electrons. The number of benzene rings is 3. The second-order valence-electron chi connectivity index (χ2n) is 11.3. The molecule has 5 nitrogen and oxygen atoms in total. The molecule has 0 unspecified atom stereocenters. The minimum absolute atomic E-state index is 0.0755. The molecule has 41 heavy (non-hydrogen) atoms. The number of amides is 1. The van der Waals surface area contributed by atoms with Crippen molar-refractivity contribution < 1.29 is 22.7 Å². The van der Waals surface area contributed by atoms with E-state index in [1.54, 1.807) is 12.1 Å². The number of nitrogens with zero attached hydrogens (tertiary/aromatic N) is 2. The van der Waals surface area contributed by atoms with Crippen LogP contribution in [0.25, 0.3) is 0 Å². The molecule has 2 saturated heterocycles. The van der Waals surface area contributed by atoms with E-state index in [9.17, 15) is 18.0 Å². The van der Waals surface area contributed by atoms with Crippen LogP contribution in [0.1, 0.15) is 61.1 Å². The number of carbonyl (C=O) groups is 1. The maximum atomic E-state index is 13.9. The number of halogens is 3. The Labute approximate surface area is 240 Å². The smallest absolute Gasteiger partial charge is 0.225 e. The predicted molar refractivity (Wildman–Crippen MR) is 155 cm³/mol. The number of nitrogens with one attached hydrogen (secondary N) is 1. The summed E-state index contributed by atoms with van der Waals surface area (Å²) in [5.74, 6) is -2.84. The molecule has 2 fully saturated rings. The molecule has 1 amide bonds. The van der Waals surface area contributed by atoms with Gasteiger partial charge in [0.2, 0.25) is 5.91 Å². The van der Waals surface area contributed by atoms with Crippen molar-refractivity contribution in [2.75, 3.05) is 38.0 Å².